The largest absolute Gasteiger partial charge is 0.465 e. The Morgan fingerprint density at radius 3 is 0.786 bits per heavy atom. The molecule has 0 aromatic rings. The molecule has 0 saturated carbocycles. The van der Waals surface area contributed by atoms with Gasteiger partial charge >= 0.3 is 11.9 Å². The second-order valence-electron chi connectivity index (χ2n) is 26.5. The van der Waals surface area contributed by atoms with Gasteiger partial charge in [0.15, 0.2) is 0 Å². The Kier molecular flexibility index (Phi) is 63.6. The predicted molar refractivity (Wildman–Crippen MR) is 363 cm³/mol. The molecule has 0 radical (unpaired) electrons. The molecule has 2 amide bonds. The van der Waals surface area contributed by atoms with E-state index >= 15 is 0 Å². The molecule has 0 N–H and O–H groups in total. The standard InChI is InChI=1S/C75H147N3O6/c1-8-14-20-26-32-42-56-70(54-40-22-16-10-3)68-83-74(81)60-46-34-28-30-36-52-66-77(64-50-24-18-12-5)72(79)58-44-38-48-62-76(7)63-49-39-45-59-73(80)78(65-51-25-19-13-6)67-53-37-31-29-35-47-61-75(82)84-69-71(55-41-23-17-11-4)57-43-33-27-21-15-9-2/h70-71H,8-69H2,1-7H3. The van der Waals surface area contributed by atoms with E-state index < -0.39 is 0 Å². The van der Waals surface area contributed by atoms with E-state index in [4.69, 9.17) is 9.47 Å². The molecule has 84 heavy (non-hydrogen) atoms. The predicted octanol–water partition coefficient (Wildman–Crippen LogP) is 22.1. The van der Waals surface area contributed by atoms with Gasteiger partial charge in [0, 0.05) is 51.9 Å². The number of ether oxygens (including phenoxy) is 2. The lowest BCUT2D eigenvalue weighted by Crippen LogP contribution is -2.33. The van der Waals surface area contributed by atoms with Crippen molar-refractivity contribution in [2.24, 2.45) is 11.8 Å². The zero-order valence-corrected chi connectivity index (χ0v) is 57.8. The zero-order valence-electron chi connectivity index (χ0n) is 57.8. The SMILES string of the molecule is CCCCCCCCC(CCCCCC)COC(=O)CCCCCCCCN(CCCCCC)C(=O)CCCCCN(C)CCCCCC(=O)N(CCCCCC)CCCCCCCCC(=O)OCC(CCCCCC)CCCCCCCC. The van der Waals surface area contributed by atoms with Crippen LogP contribution in [0, 0.1) is 11.8 Å². The van der Waals surface area contributed by atoms with Crippen molar-refractivity contribution in [2.75, 3.05) is 59.5 Å². The Morgan fingerprint density at radius 1 is 0.262 bits per heavy atom. The maximum Gasteiger partial charge on any atom is 0.305 e. The van der Waals surface area contributed by atoms with Gasteiger partial charge in [-0.25, -0.2) is 0 Å². The molecule has 2 atom stereocenters. The Labute approximate surface area is 524 Å². The maximum atomic E-state index is 13.5. The van der Waals surface area contributed by atoms with E-state index in [2.05, 4.69) is 63.3 Å². The third-order valence-electron chi connectivity index (χ3n) is 18.1. The highest BCUT2D eigenvalue weighted by Gasteiger charge is 2.17. The number of rotatable bonds is 68. The van der Waals surface area contributed by atoms with Gasteiger partial charge in [-0.3, -0.25) is 19.2 Å². The number of carbonyl (C=O) groups is 4. The lowest BCUT2D eigenvalue weighted by molar-refractivity contribution is -0.146. The van der Waals surface area contributed by atoms with Gasteiger partial charge < -0.3 is 24.2 Å². The van der Waals surface area contributed by atoms with Crippen molar-refractivity contribution in [1.29, 1.82) is 0 Å². The van der Waals surface area contributed by atoms with E-state index in [0.717, 1.165) is 155 Å². The van der Waals surface area contributed by atoms with E-state index in [1.165, 1.54) is 205 Å². The molecule has 498 valence electrons. The quantitative estimate of drug-likeness (QED) is 0.0442. The molecule has 0 rings (SSSR count). The van der Waals surface area contributed by atoms with Crippen molar-refractivity contribution >= 4 is 23.8 Å². The highest BCUT2D eigenvalue weighted by Crippen LogP contribution is 2.23. The van der Waals surface area contributed by atoms with Crippen LogP contribution in [0.5, 0.6) is 0 Å². The van der Waals surface area contributed by atoms with Crippen molar-refractivity contribution in [2.45, 2.75) is 388 Å². The molecule has 0 aromatic heterocycles. The van der Waals surface area contributed by atoms with E-state index in [1.807, 2.05) is 0 Å². The summed E-state index contributed by atoms with van der Waals surface area (Å²) in [4.78, 5) is 59.1. The van der Waals surface area contributed by atoms with Crippen LogP contribution < -0.4 is 0 Å². The fourth-order valence-electron chi connectivity index (χ4n) is 12.2. The number of unbranched alkanes of at least 4 members (excludes halogenated alkanes) is 36. The minimum absolute atomic E-state index is 0.00408. The van der Waals surface area contributed by atoms with E-state index in [0.29, 0.717) is 62.5 Å². The molecule has 0 aromatic carbocycles. The third kappa shape index (κ3) is 56.4. The van der Waals surface area contributed by atoms with Gasteiger partial charge in [0.2, 0.25) is 11.8 Å². The summed E-state index contributed by atoms with van der Waals surface area (Å²) in [5, 5.41) is 0. The number of esters is 2. The van der Waals surface area contributed by atoms with Gasteiger partial charge in [0.1, 0.15) is 0 Å². The zero-order chi connectivity index (χ0) is 61.5. The highest BCUT2D eigenvalue weighted by molar-refractivity contribution is 5.76. The van der Waals surface area contributed by atoms with Gasteiger partial charge in [0.05, 0.1) is 13.2 Å². The first kappa shape index (κ1) is 81.8. The van der Waals surface area contributed by atoms with Crippen molar-refractivity contribution in [3.8, 4) is 0 Å². The first-order valence-corrected chi connectivity index (χ1v) is 37.7. The van der Waals surface area contributed by atoms with Crippen molar-refractivity contribution in [1.82, 2.24) is 14.7 Å². The van der Waals surface area contributed by atoms with Crippen LogP contribution in [0.25, 0.3) is 0 Å². The smallest absolute Gasteiger partial charge is 0.305 e. The average Bonchev–Trinajstić information content (AvgIpc) is 3.53. The summed E-state index contributed by atoms with van der Waals surface area (Å²) >= 11 is 0. The lowest BCUT2D eigenvalue weighted by Gasteiger charge is -2.23. The van der Waals surface area contributed by atoms with E-state index in [1.54, 1.807) is 0 Å². The number of nitrogens with zero attached hydrogens (tertiary/aromatic N) is 3. The molecule has 0 spiro atoms. The van der Waals surface area contributed by atoms with Gasteiger partial charge in [-0.15, -0.1) is 0 Å². The van der Waals surface area contributed by atoms with Crippen LogP contribution in [0.15, 0.2) is 0 Å². The van der Waals surface area contributed by atoms with Crippen LogP contribution in [0.4, 0.5) is 0 Å². The van der Waals surface area contributed by atoms with E-state index in [9.17, 15) is 19.2 Å². The number of carbonyl (C=O) groups excluding carboxylic acids is 4. The summed E-state index contributed by atoms with van der Waals surface area (Å²) in [5.74, 6) is 1.73. The molecule has 9 heteroatoms. The molecule has 0 heterocycles. The molecule has 9 nitrogen and oxygen atoms in total. The van der Waals surface area contributed by atoms with Gasteiger partial charge in [-0.1, -0.05) is 273 Å². The molecule has 0 aliphatic heterocycles. The molecule has 2 unspecified atom stereocenters. The van der Waals surface area contributed by atoms with Crippen LogP contribution in [0.2, 0.25) is 0 Å². The molecule has 0 saturated heterocycles. The topological polar surface area (TPSA) is 96.5 Å². The summed E-state index contributed by atoms with van der Waals surface area (Å²) in [7, 11) is 2.22. The summed E-state index contributed by atoms with van der Waals surface area (Å²) < 4.78 is 11.7. The molecular weight excluding hydrogens is 1040 g/mol. The number of amides is 2. The first-order valence-electron chi connectivity index (χ1n) is 37.7. The van der Waals surface area contributed by atoms with Crippen molar-refractivity contribution in [3.63, 3.8) is 0 Å². The minimum atomic E-state index is -0.00408. The van der Waals surface area contributed by atoms with Crippen LogP contribution in [-0.4, -0.2) is 98.0 Å². The van der Waals surface area contributed by atoms with Crippen molar-refractivity contribution in [3.05, 3.63) is 0 Å². The number of hydrogen-bond acceptors (Lipinski definition) is 7. The van der Waals surface area contributed by atoms with Crippen LogP contribution in [0.1, 0.15) is 388 Å². The van der Waals surface area contributed by atoms with Gasteiger partial charge in [-0.05, 0) is 122 Å². The summed E-state index contributed by atoms with van der Waals surface area (Å²) in [6.45, 7) is 20.5. The number of hydrogen-bond donors (Lipinski definition) is 0. The Hall–Kier alpha value is -2.16. The Balaban J connectivity index is 4.45. The summed E-state index contributed by atoms with van der Waals surface area (Å²) in [5.41, 5.74) is 0. The fourth-order valence-corrected chi connectivity index (χ4v) is 12.2. The Morgan fingerprint density at radius 2 is 0.476 bits per heavy atom. The Bertz CT molecular complexity index is 1310. The van der Waals surface area contributed by atoms with E-state index in [-0.39, 0.29) is 11.9 Å². The van der Waals surface area contributed by atoms with Crippen molar-refractivity contribution < 1.29 is 28.7 Å². The maximum absolute atomic E-state index is 13.5. The second kappa shape index (κ2) is 65.3. The van der Waals surface area contributed by atoms with Crippen LogP contribution >= 0.6 is 0 Å². The molecule has 0 aliphatic carbocycles. The fraction of sp³-hybridized carbons (Fsp3) is 0.947. The average molecular weight is 1190 g/mol. The first-order chi connectivity index (χ1) is 41.1. The lowest BCUT2D eigenvalue weighted by atomic mass is 9.95. The molecule has 0 bridgehead atoms. The third-order valence-corrected chi connectivity index (χ3v) is 18.1. The second-order valence-corrected chi connectivity index (χ2v) is 26.5. The highest BCUT2D eigenvalue weighted by atomic mass is 16.5. The normalized spacial score (nSPS) is 12.3. The minimum Gasteiger partial charge on any atom is -0.465 e. The van der Waals surface area contributed by atoms with Gasteiger partial charge in [-0.2, -0.15) is 0 Å². The molecule has 0 aliphatic rings. The molecule has 0 fully saturated rings. The van der Waals surface area contributed by atoms with Crippen LogP contribution in [0.3, 0.4) is 0 Å². The summed E-state index contributed by atoms with van der Waals surface area (Å²) in [6, 6.07) is 0. The summed E-state index contributed by atoms with van der Waals surface area (Å²) in [6.07, 6.45) is 62.2. The van der Waals surface area contributed by atoms with Gasteiger partial charge in [0.25, 0.3) is 0 Å². The van der Waals surface area contributed by atoms with Crippen LogP contribution in [-0.2, 0) is 28.7 Å². The molecular formula is C75H147N3O6. The monoisotopic (exact) mass is 1190 g/mol.